The zero-order chi connectivity index (χ0) is 15.0. The van der Waals surface area contributed by atoms with E-state index in [9.17, 15) is 9.90 Å². The van der Waals surface area contributed by atoms with E-state index in [1.54, 1.807) is 4.90 Å². The van der Waals surface area contributed by atoms with Crippen molar-refractivity contribution in [2.24, 2.45) is 0 Å². The lowest BCUT2D eigenvalue weighted by Gasteiger charge is -2.28. The van der Waals surface area contributed by atoms with E-state index in [-0.39, 0.29) is 17.7 Å². The highest BCUT2D eigenvalue weighted by atomic mass is 16.3. The minimum absolute atomic E-state index is 0.0254. The van der Waals surface area contributed by atoms with Gasteiger partial charge in [0.1, 0.15) is 11.4 Å². The standard InChI is InChI=1S/C15H16N4O2/c1-2-9-3-5-10(6-4-9)19-8-7-11-12(14(19)20)13(16)18-15(21)17-11/h3-6H,2,7-8H2,1H3,(H3,16,17,18,21). The molecular formula is C15H16N4O2. The topological polar surface area (TPSA) is 92.3 Å². The van der Waals surface area contributed by atoms with Crippen LogP contribution in [-0.2, 0) is 12.8 Å². The predicted octanol–water partition coefficient (Wildman–Crippen LogP) is 1.53. The second-order valence-corrected chi connectivity index (χ2v) is 4.96. The van der Waals surface area contributed by atoms with Gasteiger partial charge in [0.05, 0.1) is 5.69 Å². The number of hydrogen-bond acceptors (Lipinski definition) is 5. The van der Waals surface area contributed by atoms with E-state index in [0.29, 0.717) is 24.2 Å². The Morgan fingerprint density at radius 3 is 2.67 bits per heavy atom. The number of aryl methyl sites for hydroxylation is 1. The number of nitrogens with zero attached hydrogens (tertiary/aromatic N) is 3. The number of rotatable bonds is 2. The third kappa shape index (κ3) is 2.29. The van der Waals surface area contributed by atoms with Crippen molar-refractivity contribution < 1.29 is 9.90 Å². The van der Waals surface area contributed by atoms with Crippen LogP contribution in [0.15, 0.2) is 24.3 Å². The first-order valence-electron chi connectivity index (χ1n) is 6.86. The predicted molar refractivity (Wildman–Crippen MR) is 79.3 cm³/mol. The Labute approximate surface area is 122 Å². The summed E-state index contributed by atoms with van der Waals surface area (Å²) in [5, 5.41) is 9.37. The van der Waals surface area contributed by atoms with Gasteiger partial charge >= 0.3 is 6.01 Å². The molecule has 1 amide bonds. The molecule has 108 valence electrons. The number of nitrogen functional groups attached to an aromatic ring is 1. The maximum atomic E-state index is 12.6. The molecule has 0 spiro atoms. The number of anilines is 2. The van der Waals surface area contributed by atoms with E-state index >= 15 is 0 Å². The van der Waals surface area contributed by atoms with Crippen LogP contribution in [-0.4, -0.2) is 27.5 Å². The maximum absolute atomic E-state index is 12.6. The quantitative estimate of drug-likeness (QED) is 0.872. The van der Waals surface area contributed by atoms with E-state index in [0.717, 1.165) is 12.1 Å². The Bertz CT molecular complexity index is 698. The Morgan fingerprint density at radius 2 is 2.00 bits per heavy atom. The van der Waals surface area contributed by atoms with E-state index in [2.05, 4.69) is 16.9 Å². The Balaban J connectivity index is 1.98. The van der Waals surface area contributed by atoms with Crippen molar-refractivity contribution in [1.29, 1.82) is 0 Å². The smallest absolute Gasteiger partial charge is 0.316 e. The molecule has 1 aliphatic rings. The summed E-state index contributed by atoms with van der Waals surface area (Å²) in [6, 6.07) is 7.49. The summed E-state index contributed by atoms with van der Waals surface area (Å²) in [7, 11) is 0. The van der Waals surface area contributed by atoms with Crippen molar-refractivity contribution in [2.75, 3.05) is 17.2 Å². The van der Waals surface area contributed by atoms with Crippen LogP contribution in [0.3, 0.4) is 0 Å². The SMILES string of the molecule is CCc1ccc(N2CCc3nc(O)nc(N)c3C2=O)cc1. The highest BCUT2D eigenvalue weighted by Crippen LogP contribution is 2.27. The van der Waals surface area contributed by atoms with Gasteiger partial charge in [0.25, 0.3) is 5.91 Å². The van der Waals surface area contributed by atoms with Gasteiger partial charge in [-0.05, 0) is 24.1 Å². The fraction of sp³-hybridized carbons (Fsp3) is 0.267. The number of carbonyl (C=O) groups excluding carboxylic acids is 1. The number of aromatic nitrogens is 2. The lowest BCUT2D eigenvalue weighted by atomic mass is 10.0. The van der Waals surface area contributed by atoms with E-state index < -0.39 is 0 Å². The third-order valence-corrected chi connectivity index (χ3v) is 3.69. The zero-order valence-electron chi connectivity index (χ0n) is 11.7. The largest absolute Gasteiger partial charge is 0.479 e. The molecule has 1 aliphatic heterocycles. The minimum Gasteiger partial charge on any atom is -0.479 e. The molecule has 0 bridgehead atoms. The molecule has 21 heavy (non-hydrogen) atoms. The van der Waals surface area contributed by atoms with Crippen LogP contribution in [0.25, 0.3) is 0 Å². The van der Waals surface area contributed by atoms with Gasteiger partial charge in [-0.1, -0.05) is 19.1 Å². The fourth-order valence-electron chi connectivity index (χ4n) is 2.54. The molecule has 3 N–H and O–H groups in total. The molecule has 2 aromatic rings. The van der Waals surface area contributed by atoms with Crippen molar-refractivity contribution in [3.8, 4) is 6.01 Å². The molecule has 1 aromatic heterocycles. The van der Waals surface area contributed by atoms with E-state index in [4.69, 9.17) is 5.73 Å². The number of fused-ring (bicyclic) bond motifs is 1. The molecule has 0 saturated heterocycles. The average Bonchev–Trinajstić information content (AvgIpc) is 2.47. The molecule has 1 aromatic carbocycles. The van der Waals surface area contributed by atoms with Crippen LogP contribution in [0.5, 0.6) is 6.01 Å². The van der Waals surface area contributed by atoms with Crippen LogP contribution in [0, 0.1) is 0 Å². The van der Waals surface area contributed by atoms with Gasteiger partial charge in [-0.25, -0.2) is 0 Å². The van der Waals surface area contributed by atoms with Gasteiger partial charge < -0.3 is 15.7 Å². The van der Waals surface area contributed by atoms with Crippen molar-refractivity contribution in [3.63, 3.8) is 0 Å². The first-order valence-corrected chi connectivity index (χ1v) is 6.86. The molecule has 0 aliphatic carbocycles. The van der Waals surface area contributed by atoms with E-state index in [1.807, 2.05) is 24.3 Å². The molecule has 0 atom stereocenters. The van der Waals surface area contributed by atoms with Crippen molar-refractivity contribution in [1.82, 2.24) is 9.97 Å². The van der Waals surface area contributed by atoms with Gasteiger partial charge in [-0.15, -0.1) is 0 Å². The van der Waals surface area contributed by atoms with Gasteiger partial charge in [0.15, 0.2) is 0 Å². The number of aromatic hydroxyl groups is 1. The van der Waals surface area contributed by atoms with Gasteiger partial charge in [-0.3, -0.25) is 4.79 Å². The summed E-state index contributed by atoms with van der Waals surface area (Å²) in [6.07, 6.45) is 1.49. The number of benzene rings is 1. The molecule has 3 rings (SSSR count). The molecule has 0 fully saturated rings. The van der Waals surface area contributed by atoms with Crippen molar-refractivity contribution in [3.05, 3.63) is 41.1 Å². The van der Waals surface area contributed by atoms with Crippen LogP contribution in [0.4, 0.5) is 11.5 Å². The third-order valence-electron chi connectivity index (χ3n) is 3.69. The Morgan fingerprint density at radius 1 is 1.29 bits per heavy atom. The molecule has 0 unspecified atom stereocenters. The highest BCUT2D eigenvalue weighted by Gasteiger charge is 2.29. The number of hydrogen-bond donors (Lipinski definition) is 2. The van der Waals surface area contributed by atoms with Gasteiger partial charge in [-0.2, -0.15) is 9.97 Å². The lowest BCUT2D eigenvalue weighted by molar-refractivity contribution is 0.0980. The molecule has 2 heterocycles. The van der Waals surface area contributed by atoms with Crippen LogP contribution in [0.1, 0.15) is 28.5 Å². The number of carbonyl (C=O) groups is 1. The van der Waals surface area contributed by atoms with Gasteiger partial charge in [0.2, 0.25) is 0 Å². The first kappa shape index (κ1) is 13.4. The summed E-state index contributed by atoms with van der Waals surface area (Å²) < 4.78 is 0. The van der Waals surface area contributed by atoms with Crippen molar-refractivity contribution in [2.45, 2.75) is 19.8 Å². The van der Waals surface area contributed by atoms with Crippen molar-refractivity contribution >= 4 is 17.4 Å². The summed E-state index contributed by atoms with van der Waals surface area (Å²) in [6.45, 7) is 2.59. The summed E-state index contributed by atoms with van der Waals surface area (Å²) in [5.41, 5.74) is 8.60. The van der Waals surface area contributed by atoms with Crippen LogP contribution in [0.2, 0.25) is 0 Å². The van der Waals surface area contributed by atoms with Gasteiger partial charge in [0, 0.05) is 18.7 Å². The monoisotopic (exact) mass is 284 g/mol. The normalized spacial score (nSPS) is 14.1. The average molecular weight is 284 g/mol. The summed E-state index contributed by atoms with van der Waals surface area (Å²) >= 11 is 0. The lowest BCUT2D eigenvalue weighted by Crippen LogP contribution is -2.39. The molecule has 6 nitrogen and oxygen atoms in total. The number of nitrogens with two attached hydrogens (primary N) is 1. The maximum Gasteiger partial charge on any atom is 0.316 e. The second-order valence-electron chi connectivity index (χ2n) is 4.96. The minimum atomic E-state index is -0.389. The highest BCUT2D eigenvalue weighted by molar-refractivity contribution is 6.10. The zero-order valence-corrected chi connectivity index (χ0v) is 11.7. The van der Waals surface area contributed by atoms with Crippen LogP contribution >= 0.6 is 0 Å². The molecule has 6 heteroatoms. The summed E-state index contributed by atoms with van der Waals surface area (Å²) in [5.74, 6) is -0.199. The summed E-state index contributed by atoms with van der Waals surface area (Å²) in [4.78, 5) is 21.8. The number of amides is 1. The van der Waals surface area contributed by atoms with Crippen LogP contribution < -0.4 is 10.6 Å². The Hall–Kier alpha value is -2.63. The molecule has 0 saturated carbocycles. The Kier molecular flexibility index (Phi) is 3.21. The fourth-order valence-corrected chi connectivity index (χ4v) is 2.54. The van der Waals surface area contributed by atoms with E-state index in [1.165, 1.54) is 5.56 Å². The first-order chi connectivity index (χ1) is 10.1. The second kappa shape index (κ2) is 5.05. The molecule has 0 radical (unpaired) electrons. The molecular weight excluding hydrogens is 268 g/mol.